The molecule has 0 aliphatic rings. The van der Waals surface area contributed by atoms with E-state index in [1.807, 2.05) is 49.4 Å². The molecule has 4 aromatic rings. The van der Waals surface area contributed by atoms with E-state index in [2.05, 4.69) is 15.9 Å². The number of hydrogen-bond acceptors (Lipinski definition) is 4. The molecule has 0 aliphatic heterocycles. The minimum Gasteiger partial charge on any atom is -0.387 e. The molecule has 0 amide bonds. The first kappa shape index (κ1) is 23.4. The number of pyridine rings is 1. The fourth-order valence-corrected chi connectivity index (χ4v) is 5.06. The fourth-order valence-electron chi connectivity index (χ4n) is 4.07. The third kappa shape index (κ3) is 4.67. The van der Waals surface area contributed by atoms with Gasteiger partial charge in [0, 0.05) is 21.7 Å². The molecule has 1 atom stereocenters. The molecule has 0 saturated heterocycles. The van der Waals surface area contributed by atoms with E-state index >= 15 is 0 Å². The van der Waals surface area contributed by atoms with Crippen LogP contribution in [0.1, 0.15) is 30.7 Å². The molecule has 7 heteroatoms. The van der Waals surface area contributed by atoms with Crippen LogP contribution < -0.4 is 5.56 Å². The number of hydrogen-bond donors (Lipinski definition) is 1. The SMILES string of the molecule is CCC(O)c1c(-c2ccccc2)c2cc(Br)ccc2c(=O)n1Cc1ccc(S(C)(=O)=O)cc1. The summed E-state index contributed by atoms with van der Waals surface area (Å²) in [4.78, 5) is 13.9. The molecule has 0 fully saturated rings. The van der Waals surface area contributed by atoms with Crippen molar-refractivity contribution in [3.05, 3.63) is 98.9 Å². The maximum atomic E-state index is 13.6. The molecule has 5 nitrogen and oxygen atoms in total. The topological polar surface area (TPSA) is 76.4 Å². The molecular weight excluding hydrogens is 502 g/mol. The Kier molecular flexibility index (Phi) is 6.56. The largest absolute Gasteiger partial charge is 0.387 e. The predicted molar refractivity (Wildman–Crippen MR) is 135 cm³/mol. The molecule has 0 radical (unpaired) electrons. The number of rotatable bonds is 6. The van der Waals surface area contributed by atoms with E-state index in [4.69, 9.17) is 0 Å². The van der Waals surface area contributed by atoms with Crippen LogP contribution in [0.2, 0.25) is 0 Å². The van der Waals surface area contributed by atoms with Crippen molar-refractivity contribution in [3.8, 4) is 11.1 Å². The maximum Gasteiger partial charge on any atom is 0.259 e. The minimum absolute atomic E-state index is 0.202. The van der Waals surface area contributed by atoms with E-state index in [1.165, 1.54) is 0 Å². The summed E-state index contributed by atoms with van der Waals surface area (Å²) >= 11 is 3.52. The molecule has 4 rings (SSSR count). The first-order valence-electron chi connectivity index (χ1n) is 10.6. The lowest BCUT2D eigenvalue weighted by atomic mass is 9.93. The van der Waals surface area contributed by atoms with E-state index in [0.717, 1.165) is 32.8 Å². The normalized spacial score (nSPS) is 12.7. The third-order valence-electron chi connectivity index (χ3n) is 5.73. The smallest absolute Gasteiger partial charge is 0.259 e. The van der Waals surface area contributed by atoms with Gasteiger partial charge in [-0.15, -0.1) is 0 Å². The van der Waals surface area contributed by atoms with Crippen molar-refractivity contribution in [2.24, 2.45) is 0 Å². The summed E-state index contributed by atoms with van der Waals surface area (Å²) in [5.74, 6) is 0. The molecule has 3 aromatic carbocycles. The van der Waals surface area contributed by atoms with Crippen LogP contribution in [0.4, 0.5) is 0 Å². The van der Waals surface area contributed by atoms with E-state index in [9.17, 15) is 18.3 Å². The Balaban J connectivity index is 2.02. The maximum absolute atomic E-state index is 13.6. The van der Waals surface area contributed by atoms with Crippen LogP contribution in [-0.4, -0.2) is 24.3 Å². The Morgan fingerprint density at radius 3 is 2.24 bits per heavy atom. The Hall–Kier alpha value is -2.74. The van der Waals surface area contributed by atoms with Crippen molar-refractivity contribution in [2.75, 3.05) is 6.26 Å². The summed E-state index contributed by atoms with van der Waals surface area (Å²) in [6.07, 6.45) is 0.744. The van der Waals surface area contributed by atoms with Gasteiger partial charge in [0.2, 0.25) is 0 Å². The number of sulfone groups is 1. The van der Waals surface area contributed by atoms with Gasteiger partial charge in [-0.25, -0.2) is 8.42 Å². The molecule has 1 unspecified atom stereocenters. The second-order valence-corrected chi connectivity index (χ2v) is 11.0. The summed E-state index contributed by atoms with van der Waals surface area (Å²) in [7, 11) is -3.31. The van der Waals surface area contributed by atoms with Crippen molar-refractivity contribution in [1.29, 1.82) is 0 Å². The van der Waals surface area contributed by atoms with Crippen LogP contribution in [-0.2, 0) is 16.4 Å². The number of aliphatic hydroxyl groups excluding tert-OH is 1. The lowest BCUT2D eigenvalue weighted by molar-refractivity contribution is 0.164. The molecule has 0 bridgehead atoms. The summed E-state index contributed by atoms with van der Waals surface area (Å²) in [6, 6.07) is 21.8. The van der Waals surface area contributed by atoms with Crippen LogP contribution >= 0.6 is 15.9 Å². The molecule has 0 aliphatic carbocycles. The highest BCUT2D eigenvalue weighted by Gasteiger charge is 2.23. The Bertz CT molecular complexity index is 1480. The number of benzene rings is 3. The zero-order valence-corrected chi connectivity index (χ0v) is 20.7. The van der Waals surface area contributed by atoms with Gasteiger partial charge in [-0.3, -0.25) is 4.79 Å². The van der Waals surface area contributed by atoms with Crippen molar-refractivity contribution in [3.63, 3.8) is 0 Å². The minimum atomic E-state index is -3.31. The van der Waals surface area contributed by atoms with E-state index < -0.39 is 15.9 Å². The third-order valence-corrected chi connectivity index (χ3v) is 7.35. The molecule has 0 spiro atoms. The monoisotopic (exact) mass is 525 g/mol. The first-order chi connectivity index (χ1) is 15.7. The zero-order chi connectivity index (χ0) is 23.8. The Morgan fingerprint density at radius 2 is 1.64 bits per heavy atom. The van der Waals surface area contributed by atoms with Crippen LogP contribution in [0.5, 0.6) is 0 Å². The van der Waals surface area contributed by atoms with Gasteiger partial charge >= 0.3 is 0 Å². The number of nitrogens with zero attached hydrogens (tertiary/aromatic N) is 1. The predicted octanol–water partition coefficient (Wildman–Crippen LogP) is 5.33. The van der Waals surface area contributed by atoms with Gasteiger partial charge in [-0.05, 0) is 53.3 Å². The van der Waals surface area contributed by atoms with E-state index in [0.29, 0.717) is 17.5 Å². The second kappa shape index (κ2) is 9.25. The lowest BCUT2D eigenvalue weighted by Gasteiger charge is -2.23. The molecule has 0 saturated carbocycles. The second-order valence-electron chi connectivity index (χ2n) is 8.05. The highest BCUT2D eigenvalue weighted by molar-refractivity contribution is 9.10. The summed E-state index contributed by atoms with van der Waals surface area (Å²) in [5, 5.41) is 12.4. The molecule has 1 aromatic heterocycles. The number of aromatic nitrogens is 1. The Morgan fingerprint density at radius 1 is 0.970 bits per heavy atom. The average Bonchev–Trinajstić information content (AvgIpc) is 2.80. The molecule has 170 valence electrons. The number of aliphatic hydroxyl groups is 1. The van der Waals surface area contributed by atoms with Crippen LogP contribution in [0.15, 0.2) is 87.0 Å². The van der Waals surface area contributed by atoms with Gasteiger partial charge < -0.3 is 9.67 Å². The number of halogens is 1. The van der Waals surface area contributed by atoms with Gasteiger partial charge in [-0.2, -0.15) is 0 Å². The zero-order valence-electron chi connectivity index (χ0n) is 18.3. The highest BCUT2D eigenvalue weighted by atomic mass is 79.9. The molecule has 33 heavy (non-hydrogen) atoms. The lowest BCUT2D eigenvalue weighted by Crippen LogP contribution is -2.27. The highest BCUT2D eigenvalue weighted by Crippen LogP contribution is 2.36. The van der Waals surface area contributed by atoms with Gasteiger partial charge in [0.05, 0.1) is 23.2 Å². The van der Waals surface area contributed by atoms with E-state index in [-0.39, 0.29) is 17.0 Å². The first-order valence-corrected chi connectivity index (χ1v) is 13.3. The summed E-state index contributed by atoms with van der Waals surface area (Å²) in [6.45, 7) is 2.08. The van der Waals surface area contributed by atoms with Crippen molar-refractivity contribution in [2.45, 2.75) is 30.9 Å². The summed E-state index contributed by atoms with van der Waals surface area (Å²) in [5.41, 5.74) is 2.83. The van der Waals surface area contributed by atoms with Gasteiger partial charge in [0.25, 0.3) is 5.56 Å². The summed E-state index contributed by atoms with van der Waals surface area (Å²) < 4.78 is 26.1. The van der Waals surface area contributed by atoms with Crippen molar-refractivity contribution < 1.29 is 13.5 Å². The Labute approximate surface area is 201 Å². The van der Waals surface area contributed by atoms with Crippen LogP contribution in [0.25, 0.3) is 21.9 Å². The van der Waals surface area contributed by atoms with Crippen LogP contribution in [0.3, 0.4) is 0 Å². The van der Waals surface area contributed by atoms with Crippen molar-refractivity contribution >= 4 is 36.5 Å². The molecule has 1 N–H and O–H groups in total. The average molecular weight is 526 g/mol. The van der Waals surface area contributed by atoms with Gasteiger partial charge in [0.1, 0.15) is 0 Å². The number of fused-ring (bicyclic) bond motifs is 1. The van der Waals surface area contributed by atoms with Crippen LogP contribution in [0, 0.1) is 0 Å². The standard InChI is InChI=1S/C26H24BrNO4S/c1-3-23(29)25-24(18-7-5-4-6-8-18)22-15-19(27)11-14-21(22)26(30)28(25)16-17-9-12-20(13-10-17)33(2,31)32/h4-15,23,29H,3,16H2,1-2H3. The van der Waals surface area contributed by atoms with Gasteiger partial charge in [-0.1, -0.05) is 65.3 Å². The molecule has 1 heterocycles. The van der Waals surface area contributed by atoms with E-state index in [1.54, 1.807) is 34.9 Å². The quantitative estimate of drug-likeness (QED) is 0.369. The molecular formula is C26H24BrNO4S. The fraction of sp³-hybridized carbons (Fsp3) is 0.192. The van der Waals surface area contributed by atoms with Gasteiger partial charge in [0.15, 0.2) is 9.84 Å². The van der Waals surface area contributed by atoms with Crippen molar-refractivity contribution in [1.82, 2.24) is 4.57 Å².